The van der Waals surface area contributed by atoms with Gasteiger partial charge >= 0.3 is 5.97 Å². The number of hydrogen-bond acceptors (Lipinski definition) is 3. The van der Waals surface area contributed by atoms with Crippen LogP contribution in [0.3, 0.4) is 0 Å². The minimum absolute atomic E-state index is 0.000983. The van der Waals surface area contributed by atoms with Gasteiger partial charge in [0.25, 0.3) is 0 Å². The van der Waals surface area contributed by atoms with Crippen molar-refractivity contribution >= 4 is 11.9 Å². The molecule has 1 aliphatic rings. The van der Waals surface area contributed by atoms with Gasteiger partial charge in [-0.1, -0.05) is 12.1 Å². The van der Waals surface area contributed by atoms with E-state index < -0.39 is 5.97 Å². The molecule has 23 heavy (non-hydrogen) atoms. The average Bonchev–Trinajstić information content (AvgIpc) is 3.19. The van der Waals surface area contributed by atoms with Crippen LogP contribution >= 0.6 is 0 Å². The van der Waals surface area contributed by atoms with Crippen LogP contribution in [0.15, 0.2) is 47.1 Å². The van der Waals surface area contributed by atoms with Crippen molar-refractivity contribution in [2.24, 2.45) is 0 Å². The second-order valence-corrected chi connectivity index (χ2v) is 5.91. The second-order valence-electron chi connectivity index (χ2n) is 5.91. The number of nitrogens with zero attached hydrogens (tertiary/aromatic N) is 1. The number of aromatic carboxylic acids is 1. The molecule has 0 bridgehead atoms. The highest BCUT2D eigenvalue weighted by molar-refractivity contribution is 5.88. The first-order valence-corrected chi connectivity index (χ1v) is 7.73. The molecule has 1 atom stereocenters. The van der Waals surface area contributed by atoms with Gasteiger partial charge in [0, 0.05) is 6.04 Å². The number of amides is 1. The molecular formula is C18H19NO4. The Morgan fingerprint density at radius 3 is 2.70 bits per heavy atom. The third-order valence-electron chi connectivity index (χ3n) is 4.13. The van der Waals surface area contributed by atoms with E-state index in [2.05, 4.69) is 0 Å². The molecule has 1 heterocycles. The molecule has 1 fully saturated rings. The number of carbonyl (C=O) groups excluding carboxylic acids is 1. The van der Waals surface area contributed by atoms with Gasteiger partial charge in [0.2, 0.25) is 5.91 Å². The van der Waals surface area contributed by atoms with Crippen molar-refractivity contribution in [2.45, 2.75) is 38.3 Å². The van der Waals surface area contributed by atoms with Gasteiger partial charge in [-0.25, -0.2) is 4.79 Å². The van der Waals surface area contributed by atoms with E-state index in [1.54, 1.807) is 24.5 Å². The van der Waals surface area contributed by atoms with Crippen LogP contribution in [0.5, 0.6) is 0 Å². The summed E-state index contributed by atoms with van der Waals surface area (Å²) >= 11 is 0. The van der Waals surface area contributed by atoms with Crippen LogP contribution in [0, 0.1) is 0 Å². The summed E-state index contributed by atoms with van der Waals surface area (Å²) in [5.74, 6) is -0.217. The van der Waals surface area contributed by atoms with E-state index in [4.69, 9.17) is 9.52 Å². The Bertz CT molecular complexity index is 704. The van der Waals surface area contributed by atoms with E-state index in [9.17, 15) is 9.59 Å². The summed E-state index contributed by atoms with van der Waals surface area (Å²) in [6.45, 7) is 1.96. The number of carboxylic acid groups (broad SMARTS) is 1. The van der Waals surface area contributed by atoms with Gasteiger partial charge < -0.3 is 14.4 Å². The molecule has 2 aromatic rings. The molecule has 0 aliphatic heterocycles. The first kappa shape index (κ1) is 15.3. The fourth-order valence-electron chi connectivity index (χ4n) is 2.83. The fourth-order valence-corrected chi connectivity index (χ4v) is 2.83. The van der Waals surface area contributed by atoms with Gasteiger partial charge in [0.15, 0.2) is 0 Å². The summed E-state index contributed by atoms with van der Waals surface area (Å²) in [6, 6.07) is 10.4. The molecule has 5 nitrogen and oxygen atoms in total. The van der Waals surface area contributed by atoms with Gasteiger partial charge in [-0.05, 0) is 49.6 Å². The van der Waals surface area contributed by atoms with Gasteiger partial charge in [0.1, 0.15) is 5.76 Å². The monoisotopic (exact) mass is 313 g/mol. The summed E-state index contributed by atoms with van der Waals surface area (Å²) in [5.41, 5.74) is 0.916. The van der Waals surface area contributed by atoms with Gasteiger partial charge in [-0.15, -0.1) is 0 Å². The summed E-state index contributed by atoms with van der Waals surface area (Å²) in [5, 5.41) is 9.06. The van der Waals surface area contributed by atoms with Crippen molar-refractivity contribution in [3.8, 4) is 0 Å². The SMILES string of the molecule is C[C@H](c1ccco1)N(C(=O)Cc1cccc(C(=O)O)c1)C1CC1. The van der Waals surface area contributed by atoms with E-state index in [0.29, 0.717) is 5.56 Å². The molecule has 0 spiro atoms. The predicted molar refractivity (Wildman–Crippen MR) is 84.1 cm³/mol. The summed E-state index contributed by atoms with van der Waals surface area (Å²) in [4.78, 5) is 25.7. The van der Waals surface area contributed by atoms with E-state index >= 15 is 0 Å². The quantitative estimate of drug-likeness (QED) is 0.888. The third kappa shape index (κ3) is 3.44. The van der Waals surface area contributed by atoms with Crippen molar-refractivity contribution in [3.05, 3.63) is 59.5 Å². The standard InChI is InChI=1S/C18H19NO4/c1-12(16-6-3-9-23-16)19(15-7-8-15)17(20)11-13-4-2-5-14(10-13)18(21)22/h2-6,9-10,12,15H,7-8,11H2,1H3,(H,21,22)/t12-/m1/s1. The van der Waals surface area contributed by atoms with E-state index in [0.717, 1.165) is 18.6 Å². The van der Waals surface area contributed by atoms with Crippen LogP contribution < -0.4 is 0 Å². The Labute approximate surface area is 134 Å². The Morgan fingerprint density at radius 2 is 2.09 bits per heavy atom. The van der Waals surface area contributed by atoms with Crippen molar-refractivity contribution < 1.29 is 19.1 Å². The third-order valence-corrected chi connectivity index (χ3v) is 4.13. The molecule has 0 unspecified atom stereocenters. The van der Waals surface area contributed by atoms with Crippen LogP contribution in [0.4, 0.5) is 0 Å². The molecule has 3 rings (SSSR count). The van der Waals surface area contributed by atoms with Crippen molar-refractivity contribution in [2.75, 3.05) is 0 Å². The number of furan rings is 1. The van der Waals surface area contributed by atoms with Crippen molar-refractivity contribution in [3.63, 3.8) is 0 Å². The first-order valence-electron chi connectivity index (χ1n) is 7.73. The molecule has 1 aromatic carbocycles. The second kappa shape index (κ2) is 6.28. The molecule has 0 radical (unpaired) electrons. The average molecular weight is 313 g/mol. The van der Waals surface area contributed by atoms with E-state index in [1.165, 1.54) is 6.07 Å². The topological polar surface area (TPSA) is 70.8 Å². The maximum atomic E-state index is 12.7. The highest BCUT2D eigenvalue weighted by Crippen LogP contribution is 2.35. The Balaban J connectivity index is 1.77. The van der Waals surface area contributed by atoms with E-state index in [1.807, 2.05) is 24.0 Å². The zero-order chi connectivity index (χ0) is 16.4. The maximum Gasteiger partial charge on any atom is 0.335 e. The van der Waals surface area contributed by atoms with Gasteiger partial charge in [-0.3, -0.25) is 4.79 Å². The zero-order valence-electron chi connectivity index (χ0n) is 12.9. The molecule has 1 aromatic heterocycles. The van der Waals surface area contributed by atoms with E-state index in [-0.39, 0.29) is 30.0 Å². The number of rotatable bonds is 6. The molecule has 0 saturated heterocycles. The lowest BCUT2D eigenvalue weighted by molar-refractivity contribution is -0.133. The van der Waals surface area contributed by atoms with Crippen LogP contribution in [0.2, 0.25) is 0 Å². The van der Waals surface area contributed by atoms with Crippen LogP contribution in [0.1, 0.15) is 47.5 Å². The highest BCUT2D eigenvalue weighted by Gasteiger charge is 2.36. The van der Waals surface area contributed by atoms with Crippen LogP contribution in [0.25, 0.3) is 0 Å². The van der Waals surface area contributed by atoms with Crippen LogP contribution in [-0.2, 0) is 11.2 Å². The lowest BCUT2D eigenvalue weighted by Gasteiger charge is -2.28. The van der Waals surface area contributed by atoms with Gasteiger partial charge in [-0.2, -0.15) is 0 Å². The molecule has 120 valence electrons. The molecular weight excluding hydrogens is 294 g/mol. The molecule has 1 aliphatic carbocycles. The number of benzene rings is 1. The number of hydrogen-bond donors (Lipinski definition) is 1. The highest BCUT2D eigenvalue weighted by atomic mass is 16.4. The Hall–Kier alpha value is -2.56. The largest absolute Gasteiger partial charge is 0.478 e. The Kier molecular flexibility index (Phi) is 4.19. The summed E-state index contributed by atoms with van der Waals surface area (Å²) in [6.07, 6.45) is 3.82. The number of carbonyl (C=O) groups is 2. The lowest BCUT2D eigenvalue weighted by Crippen LogP contribution is -2.36. The predicted octanol–water partition coefficient (Wildman–Crippen LogP) is 3.27. The smallest absolute Gasteiger partial charge is 0.335 e. The Morgan fingerprint density at radius 1 is 1.30 bits per heavy atom. The maximum absolute atomic E-state index is 12.7. The lowest BCUT2D eigenvalue weighted by atomic mass is 10.1. The number of carboxylic acids is 1. The molecule has 1 amide bonds. The minimum atomic E-state index is -0.984. The van der Waals surface area contributed by atoms with Crippen molar-refractivity contribution in [1.82, 2.24) is 4.90 Å². The normalized spacial score (nSPS) is 15.2. The summed E-state index contributed by atoms with van der Waals surface area (Å²) in [7, 11) is 0. The molecule has 1 saturated carbocycles. The van der Waals surface area contributed by atoms with Crippen LogP contribution in [-0.4, -0.2) is 27.9 Å². The van der Waals surface area contributed by atoms with Gasteiger partial charge in [0.05, 0.1) is 24.3 Å². The minimum Gasteiger partial charge on any atom is -0.478 e. The molecule has 5 heteroatoms. The zero-order valence-corrected chi connectivity index (χ0v) is 12.9. The first-order chi connectivity index (χ1) is 11.1. The fraction of sp³-hybridized carbons (Fsp3) is 0.333. The molecule has 1 N–H and O–H groups in total. The summed E-state index contributed by atoms with van der Waals surface area (Å²) < 4.78 is 5.43. The van der Waals surface area contributed by atoms with Crippen molar-refractivity contribution in [1.29, 1.82) is 0 Å².